The van der Waals surface area contributed by atoms with Gasteiger partial charge in [-0.25, -0.2) is 15.0 Å². The lowest BCUT2D eigenvalue weighted by Crippen LogP contribution is -2.47. The van der Waals surface area contributed by atoms with Crippen LogP contribution in [0.3, 0.4) is 0 Å². The maximum atomic E-state index is 14.4. The van der Waals surface area contributed by atoms with Crippen LogP contribution in [0.2, 0.25) is 0 Å². The second kappa shape index (κ2) is 14.4. The van der Waals surface area contributed by atoms with Crippen molar-refractivity contribution in [3.05, 3.63) is 22.7 Å². The molecule has 0 bridgehead atoms. The molecule has 2 aliphatic rings. The molecule has 1 aliphatic heterocycles. The van der Waals surface area contributed by atoms with Crippen LogP contribution in [0, 0.1) is 11.8 Å². The highest BCUT2D eigenvalue weighted by atomic mass is 31.2. The third kappa shape index (κ3) is 7.52. The Balaban J connectivity index is 1.86. The zero-order chi connectivity index (χ0) is 33.0. The van der Waals surface area contributed by atoms with Crippen LogP contribution in [0.15, 0.2) is 17.1 Å². The number of hydrogen-bond donors (Lipinski definition) is 4. The van der Waals surface area contributed by atoms with Crippen LogP contribution >= 0.6 is 7.67 Å². The molecule has 1 aliphatic carbocycles. The van der Waals surface area contributed by atoms with Crippen molar-refractivity contribution in [2.75, 3.05) is 26.9 Å². The number of aliphatic hydroxyl groups excluding tert-OH is 1. The number of nitrogens with one attached hydrogen (secondary N) is 2. The van der Waals surface area contributed by atoms with Gasteiger partial charge in [-0.1, -0.05) is 27.7 Å². The number of hydrogen-bond acceptors (Lipinski definition) is 12. The highest BCUT2D eigenvalue weighted by molar-refractivity contribution is 7.54. The Kier molecular flexibility index (Phi) is 11.8. The Morgan fingerprint density at radius 1 is 1.09 bits per heavy atom. The second-order valence-electron chi connectivity index (χ2n) is 12.1. The fourth-order valence-corrected chi connectivity index (χ4v) is 7.52. The van der Waals surface area contributed by atoms with E-state index >= 15 is 0 Å². The number of fused-ring (bicyclic) bond motifs is 1. The van der Waals surface area contributed by atoms with Crippen molar-refractivity contribution < 1.29 is 47.8 Å². The van der Waals surface area contributed by atoms with Gasteiger partial charge in [0.05, 0.1) is 26.9 Å². The van der Waals surface area contributed by atoms with E-state index in [1.165, 1.54) is 26.3 Å². The van der Waals surface area contributed by atoms with Crippen LogP contribution in [-0.2, 0) is 32.9 Å². The van der Waals surface area contributed by atoms with E-state index in [0.717, 1.165) is 4.57 Å². The molecule has 7 atom stereocenters. The van der Waals surface area contributed by atoms with E-state index in [4.69, 9.17) is 23.5 Å². The molecule has 0 spiro atoms. The van der Waals surface area contributed by atoms with E-state index in [0.29, 0.717) is 0 Å². The van der Waals surface area contributed by atoms with Gasteiger partial charge in [-0.05, 0) is 45.4 Å². The monoisotopic (exact) mass is 646 g/mol. The van der Waals surface area contributed by atoms with Crippen molar-refractivity contribution in [1.82, 2.24) is 19.7 Å². The Hall–Kier alpha value is -2.39. The largest absolute Gasteiger partial charge is 0.481 e. The Bertz CT molecular complexity index is 1240. The number of esters is 2. The van der Waals surface area contributed by atoms with Crippen molar-refractivity contribution in [3.8, 4) is 5.88 Å². The molecule has 5 unspecified atom stereocenters. The smallest absolute Gasteiger partial charge is 0.351 e. The van der Waals surface area contributed by atoms with E-state index in [9.17, 15) is 29.2 Å². The first-order valence-corrected chi connectivity index (χ1v) is 16.5. The predicted octanol–water partition coefficient (Wildman–Crippen LogP) is 1.32. The zero-order valence-electron chi connectivity index (χ0n) is 26.6. The number of aromatic nitrogens is 2. The van der Waals surface area contributed by atoms with Gasteiger partial charge in [0.25, 0.3) is 0 Å². The predicted molar refractivity (Wildman–Crippen MR) is 158 cm³/mol. The number of methoxy groups -OCH3 is 1. The van der Waals surface area contributed by atoms with Crippen LogP contribution in [0.1, 0.15) is 67.3 Å². The molecule has 250 valence electrons. The number of rotatable bonds is 17. The molecular formula is C28H47N4O11P. The molecule has 0 aromatic carbocycles. The highest BCUT2D eigenvalue weighted by Crippen LogP contribution is 2.67. The Morgan fingerprint density at radius 3 is 2.00 bits per heavy atom. The number of nitrogens with zero attached hydrogens (tertiary/aromatic N) is 2. The summed E-state index contributed by atoms with van der Waals surface area (Å²) in [5.74, 6) is -1.21. The van der Waals surface area contributed by atoms with Crippen LogP contribution in [0.25, 0.3) is 0 Å². The van der Waals surface area contributed by atoms with Crippen molar-refractivity contribution >= 4 is 19.6 Å². The van der Waals surface area contributed by atoms with Crippen molar-refractivity contribution in [1.29, 1.82) is 0 Å². The number of ether oxygens (including phenoxy) is 4. The molecule has 2 fully saturated rings. The molecule has 44 heavy (non-hydrogen) atoms. The molecule has 0 radical (unpaired) electrons. The minimum Gasteiger partial charge on any atom is -0.481 e. The molecule has 3 rings (SSSR count). The van der Waals surface area contributed by atoms with Gasteiger partial charge < -0.3 is 33.7 Å². The third-order valence-corrected chi connectivity index (χ3v) is 9.59. The van der Waals surface area contributed by atoms with Gasteiger partial charge in [0.15, 0.2) is 0 Å². The number of carbonyl (C=O) groups excluding carboxylic acids is 2. The second-order valence-corrected chi connectivity index (χ2v) is 13.9. The maximum Gasteiger partial charge on any atom is 0.351 e. The SMILES string of the molecule is CCOC(=O)C(CC(C)C)NP(=O)(NC(CC(C)C)C(=O)OCC)OC[C@H]1OC2(C)[C@@H](n3ccc(OC)nc3=O)C2(O)C1O. The summed E-state index contributed by atoms with van der Waals surface area (Å²) < 4.78 is 42.8. The van der Waals surface area contributed by atoms with Gasteiger partial charge in [0.1, 0.15) is 41.5 Å². The third-order valence-electron chi connectivity index (χ3n) is 7.77. The summed E-state index contributed by atoms with van der Waals surface area (Å²) in [6.45, 7) is 12.0. The summed E-state index contributed by atoms with van der Waals surface area (Å²) in [5, 5.41) is 28.1. The van der Waals surface area contributed by atoms with Gasteiger partial charge in [-0.3, -0.25) is 18.7 Å². The summed E-state index contributed by atoms with van der Waals surface area (Å²) in [5.41, 5.74) is -3.99. The molecule has 1 aromatic heterocycles. The molecule has 16 heteroatoms. The first-order valence-electron chi connectivity index (χ1n) is 14.9. The normalized spacial score (nSPS) is 28.7. The van der Waals surface area contributed by atoms with Gasteiger partial charge in [0, 0.05) is 12.3 Å². The first-order chi connectivity index (χ1) is 20.6. The Morgan fingerprint density at radius 2 is 1.61 bits per heavy atom. The van der Waals surface area contributed by atoms with E-state index < -0.39 is 73.4 Å². The van der Waals surface area contributed by atoms with E-state index in [1.54, 1.807) is 13.8 Å². The van der Waals surface area contributed by atoms with Crippen LogP contribution in [0.5, 0.6) is 5.88 Å². The number of aliphatic hydroxyl groups is 2. The maximum absolute atomic E-state index is 14.4. The fourth-order valence-electron chi connectivity index (χ4n) is 5.70. The highest BCUT2D eigenvalue weighted by Gasteiger charge is 2.85. The molecule has 1 saturated carbocycles. The van der Waals surface area contributed by atoms with Crippen molar-refractivity contribution in [2.45, 2.75) is 103 Å². The summed E-state index contributed by atoms with van der Waals surface area (Å²) in [6, 6.07) is -1.64. The zero-order valence-corrected chi connectivity index (χ0v) is 27.5. The lowest BCUT2D eigenvalue weighted by molar-refractivity contribution is -0.146. The molecule has 1 aromatic rings. The summed E-state index contributed by atoms with van der Waals surface area (Å²) >= 11 is 0. The van der Waals surface area contributed by atoms with Crippen molar-refractivity contribution in [2.24, 2.45) is 11.8 Å². The standard InChI is InChI=1S/C28H47N4O11P/c1-9-40-23(34)18(13-16(3)4)30-44(38,31-19(14-17(5)6)24(35)41-10-2)42-15-20-22(33)28(37)25(27(28,7)43-20)32-12-11-21(39-8)29-26(32)36/h11-12,16-20,22,25,33,37H,9-10,13-15H2,1-8H3,(H2,30,31,38)/t18?,19?,20-,22?,25-,27?,28?,44?/m1/s1. The molecule has 15 nitrogen and oxygen atoms in total. The molecule has 0 amide bonds. The lowest BCUT2D eigenvalue weighted by Gasteiger charge is -2.31. The summed E-state index contributed by atoms with van der Waals surface area (Å²) in [4.78, 5) is 42.0. The summed E-state index contributed by atoms with van der Waals surface area (Å²) in [6.07, 6.45) is -0.868. The van der Waals surface area contributed by atoms with Gasteiger partial charge in [0.2, 0.25) is 5.88 Å². The first kappa shape index (κ1) is 36.1. The average molecular weight is 647 g/mol. The Labute approximate surface area is 257 Å². The topological polar surface area (TPSA) is 197 Å². The molecule has 4 N–H and O–H groups in total. The summed E-state index contributed by atoms with van der Waals surface area (Å²) in [7, 11) is -2.91. The van der Waals surface area contributed by atoms with Crippen LogP contribution in [0.4, 0.5) is 0 Å². The lowest BCUT2D eigenvalue weighted by atomic mass is 10.1. The van der Waals surface area contributed by atoms with Gasteiger partial charge in [-0.2, -0.15) is 4.98 Å². The van der Waals surface area contributed by atoms with E-state index in [2.05, 4.69) is 15.2 Å². The number of carbonyl (C=O) groups is 2. The average Bonchev–Trinajstić information content (AvgIpc) is 3.35. The quantitative estimate of drug-likeness (QED) is 0.140. The van der Waals surface area contributed by atoms with Gasteiger partial charge in [-0.15, -0.1) is 0 Å². The minimum atomic E-state index is -4.27. The van der Waals surface area contributed by atoms with E-state index in [-0.39, 0.29) is 43.8 Å². The fraction of sp³-hybridized carbons (Fsp3) is 0.786. The van der Waals surface area contributed by atoms with Crippen LogP contribution < -0.4 is 20.6 Å². The van der Waals surface area contributed by atoms with Crippen LogP contribution in [-0.4, -0.2) is 94.1 Å². The molecule has 2 heterocycles. The van der Waals surface area contributed by atoms with Gasteiger partial charge >= 0.3 is 25.3 Å². The van der Waals surface area contributed by atoms with Crippen molar-refractivity contribution in [3.63, 3.8) is 0 Å². The van der Waals surface area contributed by atoms with E-state index in [1.807, 2.05) is 27.7 Å². The molecule has 1 saturated heterocycles. The molecular weight excluding hydrogens is 599 g/mol. The minimum absolute atomic E-state index is 0.00375.